The first kappa shape index (κ1) is 18.5. The molecular weight excluding hydrogens is 354 g/mol. The van der Waals surface area contributed by atoms with E-state index in [-0.39, 0.29) is 17.5 Å². The molecule has 0 saturated carbocycles. The van der Waals surface area contributed by atoms with Crippen LogP contribution in [-0.2, 0) is 10.0 Å². The molecule has 1 fully saturated rings. The van der Waals surface area contributed by atoms with Crippen LogP contribution in [0.15, 0.2) is 59.5 Å². The van der Waals surface area contributed by atoms with Gasteiger partial charge in [0.15, 0.2) is 4.90 Å². The second kappa shape index (κ2) is 7.94. The van der Waals surface area contributed by atoms with Gasteiger partial charge in [-0.15, -0.1) is 0 Å². The zero-order chi connectivity index (χ0) is 18.6. The molecule has 1 aliphatic rings. The molecule has 1 N–H and O–H groups in total. The van der Waals surface area contributed by atoms with E-state index in [4.69, 9.17) is 0 Å². The highest BCUT2D eigenvalue weighted by Crippen LogP contribution is 2.26. The second-order valence-electron chi connectivity index (χ2n) is 6.25. The molecule has 0 aromatic heterocycles. The van der Waals surface area contributed by atoms with Crippen molar-refractivity contribution in [2.45, 2.75) is 23.8 Å². The molecule has 1 atom stereocenters. The Morgan fingerprint density at radius 3 is 2.31 bits per heavy atom. The van der Waals surface area contributed by atoms with Gasteiger partial charge in [0.2, 0.25) is 10.0 Å². The molecule has 138 valence electrons. The van der Waals surface area contributed by atoms with Crippen molar-refractivity contribution in [1.82, 2.24) is 9.62 Å². The summed E-state index contributed by atoms with van der Waals surface area (Å²) in [5.41, 5.74) is 0.608. The average Bonchev–Trinajstić information content (AvgIpc) is 3.17. The van der Waals surface area contributed by atoms with Gasteiger partial charge in [-0.3, -0.25) is 15.0 Å². The summed E-state index contributed by atoms with van der Waals surface area (Å²) in [5, 5.41) is 11.1. The smallest absolute Gasteiger partial charge is 0.289 e. The van der Waals surface area contributed by atoms with E-state index in [1.54, 1.807) is 0 Å². The first-order valence-electron chi connectivity index (χ1n) is 8.51. The Bertz CT molecular complexity index is 865. The normalized spacial score (nSPS) is 16.5. The van der Waals surface area contributed by atoms with Gasteiger partial charge < -0.3 is 0 Å². The van der Waals surface area contributed by atoms with Gasteiger partial charge in [-0.1, -0.05) is 42.5 Å². The van der Waals surface area contributed by atoms with Gasteiger partial charge in [0, 0.05) is 18.7 Å². The highest BCUT2D eigenvalue weighted by Gasteiger charge is 2.28. The fourth-order valence-electron chi connectivity index (χ4n) is 3.29. The predicted molar refractivity (Wildman–Crippen MR) is 98.3 cm³/mol. The number of nitrogens with one attached hydrogen (secondary N) is 1. The number of hydrogen-bond donors (Lipinski definition) is 1. The number of nitro groups is 1. The van der Waals surface area contributed by atoms with Crippen LogP contribution in [0.1, 0.15) is 24.4 Å². The van der Waals surface area contributed by atoms with E-state index in [0.29, 0.717) is 0 Å². The van der Waals surface area contributed by atoms with Gasteiger partial charge in [-0.05, 0) is 37.6 Å². The fraction of sp³-hybridized carbons (Fsp3) is 0.333. The molecule has 26 heavy (non-hydrogen) atoms. The molecule has 1 aliphatic heterocycles. The van der Waals surface area contributed by atoms with Gasteiger partial charge in [-0.2, -0.15) is 0 Å². The van der Waals surface area contributed by atoms with Crippen LogP contribution in [0.3, 0.4) is 0 Å². The summed E-state index contributed by atoms with van der Waals surface area (Å²) in [7, 11) is -3.99. The molecule has 1 unspecified atom stereocenters. The maximum absolute atomic E-state index is 12.7. The minimum absolute atomic E-state index is 0.101. The highest BCUT2D eigenvalue weighted by molar-refractivity contribution is 7.89. The molecule has 3 rings (SSSR count). The van der Waals surface area contributed by atoms with Crippen LogP contribution < -0.4 is 4.72 Å². The maximum atomic E-state index is 12.7. The third kappa shape index (κ3) is 4.09. The first-order valence-corrected chi connectivity index (χ1v) is 9.99. The van der Waals surface area contributed by atoms with Gasteiger partial charge in [0.1, 0.15) is 0 Å². The molecule has 0 spiro atoms. The number of benzene rings is 2. The van der Waals surface area contributed by atoms with E-state index in [9.17, 15) is 18.5 Å². The molecule has 2 aromatic carbocycles. The summed E-state index contributed by atoms with van der Waals surface area (Å²) < 4.78 is 27.9. The lowest BCUT2D eigenvalue weighted by Gasteiger charge is -2.28. The van der Waals surface area contributed by atoms with E-state index >= 15 is 0 Å². The van der Waals surface area contributed by atoms with Crippen molar-refractivity contribution in [3.05, 3.63) is 70.3 Å². The van der Waals surface area contributed by atoms with E-state index in [0.717, 1.165) is 31.5 Å². The zero-order valence-corrected chi connectivity index (χ0v) is 15.1. The topological polar surface area (TPSA) is 92.5 Å². The van der Waals surface area contributed by atoms with Crippen molar-refractivity contribution < 1.29 is 13.3 Å². The maximum Gasteiger partial charge on any atom is 0.289 e. The molecule has 0 amide bonds. The number of nitrogens with zero attached hydrogens (tertiary/aromatic N) is 2. The molecule has 0 aliphatic carbocycles. The molecule has 2 aromatic rings. The SMILES string of the molecule is O=[N+]([O-])c1ccccc1S(=O)(=O)NCC(c1ccccc1)N1CCCC1. The molecule has 7 nitrogen and oxygen atoms in total. The van der Waals surface area contributed by atoms with E-state index in [1.807, 2.05) is 30.3 Å². The van der Waals surface area contributed by atoms with Gasteiger partial charge in [0.05, 0.1) is 4.92 Å². The lowest BCUT2D eigenvalue weighted by molar-refractivity contribution is -0.387. The summed E-state index contributed by atoms with van der Waals surface area (Å²) in [4.78, 5) is 12.4. The summed E-state index contributed by atoms with van der Waals surface area (Å²) in [6.07, 6.45) is 2.17. The van der Waals surface area contributed by atoms with E-state index in [2.05, 4.69) is 9.62 Å². The number of likely N-dealkylation sites (tertiary alicyclic amines) is 1. The van der Waals surface area contributed by atoms with Crippen LogP contribution >= 0.6 is 0 Å². The van der Waals surface area contributed by atoms with Gasteiger partial charge in [0.25, 0.3) is 5.69 Å². The number of rotatable bonds is 7. The summed E-state index contributed by atoms with van der Waals surface area (Å²) in [6.45, 7) is 1.98. The Hall–Kier alpha value is -2.29. The molecule has 1 saturated heterocycles. The quantitative estimate of drug-likeness (QED) is 0.593. The van der Waals surface area contributed by atoms with Crippen LogP contribution in [0, 0.1) is 10.1 Å². The molecular formula is C18H21N3O4S. The first-order chi connectivity index (χ1) is 12.5. The van der Waals surface area contributed by atoms with Crippen molar-refractivity contribution in [2.24, 2.45) is 0 Å². The van der Waals surface area contributed by atoms with Crippen LogP contribution in [0.5, 0.6) is 0 Å². The van der Waals surface area contributed by atoms with Crippen LogP contribution in [0.4, 0.5) is 5.69 Å². The lowest BCUT2D eigenvalue weighted by Crippen LogP contribution is -2.37. The third-order valence-electron chi connectivity index (χ3n) is 4.58. The Balaban J connectivity index is 1.83. The Morgan fingerprint density at radius 2 is 1.65 bits per heavy atom. The molecule has 0 bridgehead atoms. The fourth-order valence-corrected chi connectivity index (χ4v) is 4.50. The Morgan fingerprint density at radius 1 is 1.04 bits per heavy atom. The summed E-state index contributed by atoms with van der Waals surface area (Å²) in [5.74, 6) is 0. The summed E-state index contributed by atoms with van der Waals surface area (Å²) >= 11 is 0. The van der Waals surface area contributed by atoms with Crippen molar-refractivity contribution in [1.29, 1.82) is 0 Å². The van der Waals surface area contributed by atoms with E-state index < -0.39 is 20.6 Å². The van der Waals surface area contributed by atoms with Gasteiger partial charge in [-0.25, -0.2) is 13.1 Å². The van der Waals surface area contributed by atoms with Crippen molar-refractivity contribution >= 4 is 15.7 Å². The Labute approximate surface area is 152 Å². The zero-order valence-electron chi connectivity index (χ0n) is 14.2. The van der Waals surface area contributed by atoms with Crippen molar-refractivity contribution in [3.8, 4) is 0 Å². The van der Waals surface area contributed by atoms with Crippen LogP contribution in [0.2, 0.25) is 0 Å². The third-order valence-corrected chi connectivity index (χ3v) is 6.05. The highest BCUT2D eigenvalue weighted by atomic mass is 32.2. The van der Waals surface area contributed by atoms with Crippen molar-refractivity contribution in [3.63, 3.8) is 0 Å². The minimum atomic E-state index is -3.99. The second-order valence-corrected chi connectivity index (χ2v) is 7.98. The molecule has 0 radical (unpaired) electrons. The van der Waals surface area contributed by atoms with E-state index in [1.165, 1.54) is 24.3 Å². The average molecular weight is 375 g/mol. The Kier molecular flexibility index (Phi) is 5.65. The molecule has 1 heterocycles. The lowest BCUT2D eigenvalue weighted by atomic mass is 10.1. The minimum Gasteiger partial charge on any atom is -0.295 e. The summed E-state index contributed by atoms with van der Waals surface area (Å²) in [6, 6.07) is 15.0. The monoisotopic (exact) mass is 375 g/mol. The number of hydrogen-bond acceptors (Lipinski definition) is 5. The van der Waals surface area contributed by atoms with Gasteiger partial charge >= 0.3 is 0 Å². The van der Waals surface area contributed by atoms with Crippen LogP contribution in [-0.4, -0.2) is 37.9 Å². The van der Waals surface area contributed by atoms with Crippen LogP contribution in [0.25, 0.3) is 0 Å². The number of sulfonamides is 1. The number of nitro benzene ring substituents is 1. The largest absolute Gasteiger partial charge is 0.295 e. The predicted octanol–water partition coefficient (Wildman–Crippen LogP) is 2.71. The van der Waals surface area contributed by atoms with Crippen molar-refractivity contribution in [2.75, 3.05) is 19.6 Å². The molecule has 8 heteroatoms. The standard InChI is InChI=1S/C18H21N3O4S/c22-21(23)16-10-4-5-11-18(16)26(24,25)19-14-17(20-12-6-7-13-20)15-8-2-1-3-9-15/h1-5,8-11,17,19H,6-7,12-14H2. The number of para-hydroxylation sites is 1.